The Morgan fingerprint density at radius 1 is 1.71 bits per heavy atom. The van der Waals surface area contributed by atoms with Gasteiger partial charge in [-0.25, -0.2) is 0 Å². The summed E-state index contributed by atoms with van der Waals surface area (Å²) < 4.78 is 1.44. The fraction of sp³-hybridized carbons (Fsp3) is 0.556. The van der Waals surface area contributed by atoms with E-state index in [1.165, 1.54) is 17.1 Å². The molecule has 1 saturated heterocycles. The number of rotatable bonds is 5. The lowest BCUT2D eigenvalue weighted by Gasteiger charge is -2.25. The molecule has 0 bridgehead atoms. The highest BCUT2D eigenvalue weighted by molar-refractivity contribution is 5.79. The van der Waals surface area contributed by atoms with E-state index >= 15 is 0 Å². The summed E-state index contributed by atoms with van der Waals surface area (Å²) in [6, 6.07) is 0. The van der Waals surface area contributed by atoms with Crippen LogP contribution in [0.4, 0.5) is 5.69 Å². The van der Waals surface area contributed by atoms with E-state index in [1.54, 1.807) is 0 Å². The highest BCUT2D eigenvalue weighted by Crippen LogP contribution is 2.07. The lowest BCUT2D eigenvalue weighted by molar-refractivity contribution is -0.385. The maximum absolute atomic E-state index is 11.4. The second kappa shape index (κ2) is 4.91. The van der Waals surface area contributed by atoms with Crippen LogP contribution in [0.3, 0.4) is 0 Å². The van der Waals surface area contributed by atoms with Crippen molar-refractivity contribution >= 4 is 11.6 Å². The molecule has 2 heterocycles. The molecule has 1 aromatic heterocycles. The van der Waals surface area contributed by atoms with Gasteiger partial charge in [0.1, 0.15) is 12.4 Å². The molecule has 8 nitrogen and oxygen atoms in total. The highest BCUT2D eigenvalue weighted by atomic mass is 16.6. The van der Waals surface area contributed by atoms with Gasteiger partial charge in [-0.1, -0.05) is 0 Å². The van der Waals surface area contributed by atoms with Crippen molar-refractivity contribution in [2.24, 2.45) is 5.92 Å². The third-order valence-electron chi connectivity index (χ3n) is 2.62. The molecular weight excluding hydrogens is 226 g/mol. The van der Waals surface area contributed by atoms with Gasteiger partial charge in [0.15, 0.2) is 0 Å². The lowest BCUT2D eigenvalue weighted by Crippen LogP contribution is -2.51. The van der Waals surface area contributed by atoms with E-state index in [0.29, 0.717) is 13.1 Å². The van der Waals surface area contributed by atoms with Gasteiger partial charge >= 0.3 is 5.69 Å². The van der Waals surface area contributed by atoms with Gasteiger partial charge in [-0.05, 0) is 0 Å². The number of hydrogen-bond acceptors (Lipinski definition) is 5. The normalized spacial score (nSPS) is 15.3. The van der Waals surface area contributed by atoms with E-state index in [1.807, 2.05) is 0 Å². The molecule has 1 fully saturated rings. The van der Waals surface area contributed by atoms with E-state index in [-0.39, 0.29) is 17.5 Å². The Hall–Kier alpha value is -1.96. The van der Waals surface area contributed by atoms with Crippen LogP contribution in [0.1, 0.15) is 0 Å². The van der Waals surface area contributed by atoms with E-state index in [0.717, 1.165) is 13.1 Å². The topological polar surface area (TPSA) is 102 Å². The second-order valence-electron chi connectivity index (χ2n) is 3.86. The summed E-state index contributed by atoms with van der Waals surface area (Å²) in [5.41, 5.74) is -0.0421. The average molecular weight is 239 g/mol. The van der Waals surface area contributed by atoms with E-state index in [4.69, 9.17) is 0 Å². The van der Waals surface area contributed by atoms with Crippen molar-refractivity contribution in [2.75, 3.05) is 19.6 Å². The van der Waals surface area contributed by atoms with Crippen LogP contribution in [-0.2, 0) is 11.3 Å². The van der Waals surface area contributed by atoms with Gasteiger partial charge in [0, 0.05) is 19.6 Å². The van der Waals surface area contributed by atoms with Crippen molar-refractivity contribution in [1.29, 1.82) is 0 Å². The van der Waals surface area contributed by atoms with Crippen LogP contribution in [0.5, 0.6) is 0 Å². The smallest absolute Gasteiger partial charge is 0.306 e. The second-order valence-corrected chi connectivity index (χ2v) is 3.86. The highest BCUT2D eigenvalue weighted by Gasteiger charge is 2.24. The molecule has 0 radical (unpaired) electrons. The number of amides is 1. The van der Waals surface area contributed by atoms with Crippen LogP contribution in [0.25, 0.3) is 0 Å². The van der Waals surface area contributed by atoms with Crippen molar-refractivity contribution in [2.45, 2.75) is 6.54 Å². The Morgan fingerprint density at radius 3 is 3.00 bits per heavy atom. The van der Waals surface area contributed by atoms with Gasteiger partial charge in [0.2, 0.25) is 5.91 Å². The molecule has 92 valence electrons. The van der Waals surface area contributed by atoms with E-state index in [2.05, 4.69) is 15.7 Å². The van der Waals surface area contributed by atoms with Gasteiger partial charge in [-0.15, -0.1) is 0 Å². The fourth-order valence-corrected chi connectivity index (χ4v) is 1.48. The van der Waals surface area contributed by atoms with Crippen molar-refractivity contribution < 1.29 is 9.72 Å². The summed E-state index contributed by atoms with van der Waals surface area (Å²) >= 11 is 0. The molecule has 0 atom stereocenters. The molecule has 1 aromatic rings. The molecule has 0 saturated carbocycles. The Kier molecular flexibility index (Phi) is 3.33. The molecule has 2 rings (SSSR count). The maximum Gasteiger partial charge on any atom is 0.306 e. The van der Waals surface area contributed by atoms with Gasteiger partial charge in [0.25, 0.3) is 0 Å². The summed E-state index contributed by atoms with van der Waals surface area (Å²) in [6.07, 6.45) is 2.54. The number of carbonyl (C=O) groups excluding carboxylic acids is 1. The van der Waals surface area contributed by atoms with Crippen molar-refractivity contribution in [3.63, 3.8) is 0 Å². The predicted octanol–water partition coefficient (Wildman–Crippen LogP) is -0.873. The zero-order valence-corrected chi connectivity index (χ0v) is 9.13. The summed E-state index contributed by atoms with van der Waals surface area (Å²) in [6.45, 7) is 2.30. The molecule has 1 aliphatic rings. The average Bonchev–Trinajstić information content (AvgIpc) is 2.63. The van der Waals surface area contributed by atoms with Crippen LogP contribution in [0, 0.1) is 16.0 Å². The van der Waals surface area contributed by atoms with Gasteiger partial charge in [0.05, 0.1) is 17.4 Å². The number of aromatic nitrogens is 2. The number of carbonyl (C=O) groups is 1. The van der Waals surface area contributed by atoms with E-state index in [9.17, 15) is 14.9 Å². The number of hydrogen-bond donors (Lipinski definition) is 2. The summed E-state index contributed by atoms with van der Waals surface area (Å²) in [5.74, 6) is 0.0763. The number of nitro groups is 1. The predicted molar refractivity (Wildman–Crippen MR) is 58.3 cm³/mol. The van der Waals surface area contributed by atoms with Gasteiger partial charge in [-0.3, -0.25) is 19.6 Å². The maximum atomic E-state index is 11.4. The van der Waals surface area contributed by atoms with Crippen LogP contribution in [0.2, 0.25) is 0 Å². The first kappa shape index (κ1) is 11.5. The van der Waals surface area contributed by atoms with Gasteiger partial charge < -0.3 is 10.6 Å². The van der Waals surface area contributed by atoms with Crippen LogP contribution in [0.15, 0.2) is 12.4 Å². The molecule has 8 heteroatoms. The van der Waals surface area contributed by atoms with E-state index < -0.39 is 4.92 Å². The zero-order chi connectivity index (χ0) is 12.3. The molecule has 1 aliphatic heterocycles. The summed E-state index contributed by atoms with van der Waals surface area (Å²) in [4.78, 5) is 21.3. The van der Waals surface area contributed by atoms with Crippen molar-refractivity contribution in [3.8, 4) is 0 Å². The minimum absolute atomic E-state index is 0.0189. The zero-order valence-electron chi connectivity index (χ0n) is 9.13. The number of nitrogens with zero attached hydrogens (tertiary/aromatic N) is 3. The SMILES string of the molecule is O=C(NCCn1cc([N+](=O)[O-])cn1)C1CNC1. The number of nitrogens with one attached hydrogen (secondary N) is 2. The van der Waals surface area contributed by atoms with Crippen molar-refractivity contribution in [1.82, 2.24) is 20.4 Å². The van der Waals surface area contributed by atoms with Crippen LogP contribution >= 0.6 is 0 Å². The Morgan fingerprint density at radius 2 is 2.47 bits per heavy atom. The minimum Gasteiger partial charge on any atom is -0.354 e. The quantitative estimate of drug-likeness (QED) is 0.513. The minimum atomic E-state index is -0.498. The molecule has 17 heavy (non-hydrogen) atoms. The Balaban J connectivity index is 1.73. The third-order valence-corrected chi connectivity index (χ3v) is 2.62. The largest absolute Gasteiger partial charge is 0.354 e. The molecule has 2 N–H and O–H groups in total. The lowest BCUT2D eigenvalue weighted by atomic mass is 10.0. The molecule has 0 aromatic carbocycles. The van der Waals surface area contributed by atoms with Crippen molar-refractivity contribution in [3.05, 3.63) is 22.5 Å². The molecular formula is C9H13N5O3. The Labute approximate surface area is 97.1 Å². The first-order valence-electron chi connectivity index (χ1n) is 5.32. The standard InChI is InChI=1S/C9H13N5O3/c15-9(7-3-10-4-7)11-1-2-13-6-8(5-12-13)14(16)17/h5-7,10H,1-4H2,(H,11,15). The first-order chi connectivity index (χ1) is 8.16. The van der Waals surface area contributed by atoms with Gasteiger partial charge in [-0.2, -0.15) is 5.10 Å². The van der Waals surface area contributed by atoms with Crippen LogP contribution in [-0.4, -0.2) is 40.2 Å². The summed E-state index contributed by atoms with van der Waals surface area (Å²) in [5, 5.41) is 20.0. The molecule has 0 spiro atoms. The monoisotopic (exact) mass is 239 g/mol. The molecule has 0 aliphatic carbocycles. The first-order valence-corrected chi connectivity index (χ1v) is 5.32. The molecule has 0 unspecified atom stereocenters. The molecule has 1 amide bonds. The Bertz CT molecular complexity index is 426. The third kappa shape index (κ3) is 2.78. The summed E-state index contributed by atoms with van der Waals surface area (Å²) in [7, 11) is 0. The van der Waals surface area contributed by atoms with Crippen LogP contribution < -0.4 is 10.6 Å². The fourth-order valence-electron chi connectivity index (χ4n) is 1.48.